The van der Waals surface area contributed by atoms with Crippen LogP contribution in [0.5, 0.6) is 0 Å². The van der Waals surface area contributed by atoms with E-state index < -0.39 is 0 Å². The fraction of sp³-hybridized carbons (Fsp3) is 0.111. The van der Waals surface area contributed by atoms with Crippen molar-refractivity contribution in [3.63, 3.8) is 0 Å². The number of benzene rings is 2. The van der Waals surface area contributed by atoms with Gasteiger partial charge in [0, 0.05) is 19.7 Å². The highest BCUT2D eigenvalue weighted by atomic mass is 127. The molecule has 0 spiro atoms. The monoisotopic (exact) mass is 408 g/mol. The Bertz CT molecular complexity index is 759. The van der Waals surface area contributed by atoms with Gasteiger partial charge in [-0.15, -0.1) is 11.3 Å². The minimum atomic E-state index is -0.190. The molecule has 0 saturated heterocycles. The van der Waals surface area contributed by atoms with Crippen LogP contribution in [0.1, 0.15) is 16.0 Å². The number of hydrogen-bond donors (Lipinski definition) is 0. The smallest absolute Gasteiger partial charge is 0.123 e. The summed E-state index contributed by atoms with van der Waals surface area (Å²) in [4.78, 5) is 2.52. The molecular weight excluding hydrogens is 394 g/mol. The van der Waals surface area contributed by atoms with E-state index in [4.69, 9.17) is 0 Å². The van der Waals surface area contributed by atoms with Gasteiger partial charge in [-0.1, -0.05) is 24.3 Å². The van der Waals surface area contributed by atoms with E-state index in [9.17, 15) is 4.39 Å². The fourth-order valence-electron chi connectivity index (χ4n) is 2.27. The van der Waals surface area contributed by atoms with Gasteiger partial charge in [-0.25, -0.2) is 4.39 Å². The van der Waals surface area contributed by atoms with Crippen LogP contribution in [0.15, 0.2) is 54.6 Å². The van der Waals surface area contributed by atoms with Gasteiger partial charge in [-0.3, -0.25) is 0 Å². The quantitative estimate of drug-likeness (QED) is 0.463. The van der Waals surface area contributed by atoms with Gasteiger partial charge >= 0.3 is 0 Å². The molecule has 0 atom stereocenters. The maximum absolute atomic E-state index is 13.0. The average Bonchev–Trinajstić information content (AvgIpc) is 2.93. The molecule has 0 saturated carbocycles. The Hall–Kier alpha value is -1.20. The van der Waals surface area contributed by atoms with E-state index in [2.05, 4.69) is 59.8 Å². The number of thiophene rings is 1. The topological polar surface area (TPSA) is 0 Å². The van der Waals surface area contributed by atoms with Gasteiger partial charge in [-0.2, -0.15) is 0 Å². The van der Waals surface area contributed by atoms with Gasteiger partial charge in [0.1, 0.15) is 5.82 Å². The SMILES string of the molecule is Cc1c(I)cccc1Cc1ccc(-c2ccc(F)cc2)s1. The van der Waals surface area contributed by atoms with Crippen molar-refractivity contribution in [2.75, 3.05) is 0 Å². The van der Waals surface area contributed by atoms with Crippen LogP contribution in [0.25, 0.3) is 10.4 Å². The third kappa shape index (κ3) is 3.35. The summed E-state index contributed by atoms with van der Waals surface area (Å²) in [6.07, 6.45) is 0.953. The highest BCUT2D eigenvalue weighted by molar-refractivity contribution is 14.1. The molecule has 0 nitrogen and oxygen atoms in total. The maximum atomic E-state index is 13.0. The molecule has 106 valence electrons. The summed E-state index contributed by atoms with van der Waals surface area (Å²) in [7, 11) is 0. The van der Waals surface area contributed by atoms with Crippen molar-refractivity contribution < 1.29 is 4.39 Å². The molecule has 0 radical (unpaired) electrons. The molecule has 1 heterocycles. The zero-order chi connectivity index (χ0) is 14.8. The van der Waals surface area contributed by atoms with Crippen molar-refractivity contribution in [3.8, 4) is 10.4 Å². The van der Waals surface area contributed by atoms with Crippen molar-refractivity contribution in [3.05, 3.63) is 80.0 Å². The molecule has 0 amide bonds. The van der Waals surface area contributed by atoms with Gasteiger partial charge in [0.2, 0.25) is 0 Å². The summed E-state index contributed by atoms with van der Waals surface area (Å²) in [5.41, 5.74) is 3.80. The Balaban J connectivity index is 1.85. The van der Waals surface area contributed by atoms with Crippen LogP contribution in [0.2, 0.25) is 0 Å². The largest absolute Gasteiger partial charge is 0.207 e. The van der Waals surface area contributed by atoms with E-state index in [1.165, 1.54) is 36.6 Å². The maximum Gasteiger partial charge on any atom is 0.123 e. The van der Waals surface area contributed by atoms with Crippen molar-refractivity contribution in [1.82, 2.24) is 0 Å². The number of hydrogen-bond acceptors (Lipinski definition) is 1. The Morgan fingerprint density at radius 2 is 1.76 bits per heavy atom. The Morgan fingerprint density at radius 1 is 1.00 bits per heavy atom. The highest BCUT2D eigenvalue weighted by Crippen LogP contribution is 2.30. The zero-order valence-electron chi connectivity index (χ0n) is 11.6. The Morgan fingerprint density at radius 3 is 2.52 bits per heavy atom. The third-order valence-electron chi connectivity index (χ3n) is 3.53. The van der Waals surface area contributed by atoms with E-state index in [1.807, 2.05) is 12.1 Å². The second kappa shape index (κ2) is 6.28. The molecule has 0 fully saturated rings. The lowest BCUT2D eigenvalue weighted by Crippen LogP contribution is -1.91. The molecule has 2 aromatic carbocycles. The first-order chi connectivity index (χ1) is 10.1. The predicted molar refractivity (Wildman–Crippen MR) is 96.4 cm³/mol. The molecule has 0 aliphatic heterocycles. The molecular formula is C18H14FIS. The predicted octanol–water partition coefficient (Wildman–Crippen LogP) is 6.06. The standard InChI is InChI=1S/C18H14FIS/c1-12-14(3-2-4-17(12)20)11-16-9-10-18(21-16)13-5-7-15(19)8-6-13/h2-10H,11H2,1H3. The van der Waals surface area contributed by atoms with Crippen LogP contribution in [-0.2, 0) is 6.42 Å². The average molecular weight is 408 g/mol. The molecule has 0 unspecified atom stereocenters. The fourth-order valence-corrected chi connectivity index (χ4v) is 3.86. The summed E-state index contributed by atoms with van der Waals surface area (Å²) in [6.45, 7) is 2.17. The van der Waals surface area contributed by atoms with Gasteiger partial charge in [0.15, 0.2) is 0 Å². The minimum Gasteiger partial charge on any atom is -0.207 e. The summed E-state index contributed by atoms with van der Waals surface area (Å²) in [6, 6.07) is 17.4. The highest BCUT2D eigenvalue weighted by Gasteiger charge is 2.07. The van der Waals surface area contributed by atoms with Crippen LogP contribution in [0.3, 0.4) is 0 Å². The summed E-state index contributed by atoms with van der Waals surface area (Å²) in [5, 5.41) is 0. The van der Waals surface area contributed by atoms with Crippen molar-refractivity contribution in [1.29, 1.82) is 0 Å². The lowest BCUT2D eigenvalue weighted by Gasteiger charge is -2.06. The second-order valence-electron chi connectivity index (χ2n) is 4.97. The van der Waals surface area contributed by atoms with Crippen LogP contribution in [0.4, 0.5) is 4.39 Å². The molecule has 3 aromatic rings. The first-order valence-electron chi connectivity index (χ1n) is 6.72. The molecule has 1 aromatic heterocycles. The zero-order valence-corrected chi connectivity index (χ0v) is 14.5. The van der Waals surface area contributed by atoms with E-state index in [0.717, 1.165) is 12.0 Å². The van der Waals surface area contributed by atoms with Crippen LogP contribution >= 0.6 is 33.9 Å². The van der Waals surface area contributed by atoms with Crippen molar-refractivity contribution in [2.45, 2.75) is 13.3 Å². The van der Waals surface area contributed by atoms with Crippen LogP contribution in [0, 0.1) is 16.3 Å². The molecule has 0 N–H and O–H groups in total. The molecule has 3 rings (SSSR count). The van der Waals surface area contributed by atoms with Gasteiger partial charge in [0.25, 0.3) is 0 Å². The number of halogens is 2. The third-order valence-corrected chi connectivity index (χ3v) is 5.84. The molecule has 21 heavy (non-hydrogen) atoms. The molecule has 0 aliphatic carbocycles. The molecule has 0 aliphatic rings. The molecule has 3 heteroatoms. The normalized spacial score (nSPS) is 10.8. The number of rotatable bonds is 3. The van der Waals surface area contributed by atoms with Gasteiger partial charge in [0.05, 0.1) is 0 Å². The first kappa shape index (κ1) is 14.7. The molecule has 0 bridgehead atoms. The minimum absolute atomic E-state index is 0.190. The van der Waals surface area contributed by atoms with Gasteiger partial charge in [-0.05, 0) is 76.5 Å². The van der Waals surface area contributed by atoms with E-state index in [-0.39, 0.29) is 5.82 Å². The first-order valence-corrected chi connectivity index (χ1v) is 8.61. The van der Waals surface area contributed by atoms with E-state index in [1.54, 1.807) is 11.3 Å². The van der Waals surface area contributed by atoms with E-state index >= 15 is 0 Å². The van der Waals surface area contributed by atoms with E-state index in [0.29, 0.717) is 0 Å². The van der Waals surface area contributed by atoms with Gasteiger partial charge < -0.3 is 0 Å². The Labute approximate surface area is 141 Å². The lowest BCUT2D eigenvalue weighted by atomic mass is 10.1. The lowest BCUT2D eigenvalue weighted by molar-refractivity contribution is 0.628. The summed E-state index contributed by atoms with van der Waals surface area (Å²) in [5.74, 6) is -0.190. The Kier molecular flexibility index (Phi) is 4.40. The second-order valence-corrected chi connectivity index (χ2v) is 7.30. The van der Waals surface area contributed by atoms with Crippen LogP contribution in [-0.4, -0.2) is 0 Å². The van der Waals surface area contributed by atoms with Crippen molar-refractivity contribution >= 4 is 33.9 Å². The van der Waals surface area contributed by atoms with Crippen LogP contribution < -0.4 is 0 Å². The summed E-state index contributed by atoms with van der Waals surface area (Å²) < 4.78 is 14.3. The summed E-state index contributed by atoms with van der Waals surface area (Å²) >= 11 is 4.15. The van der Waals surface area contributed by atoms with Crippen molar-refractivity contribution in [2.24, 2.45) is 0 Å².